The maximum atomic E-state index is 12.0. The van der Waals surface area contributed by atoms with Crippen LogP contribution in [-0.2, 0) is 0 Å². The summed E-state index contributed by atoms with van der Waals surface area (Å²) in [5.41, 5.74) is 4.08. The maximum absolute atomic E-state index is 12.0. The molecule has 0 saturated carbocycles. The third-order valence-corrected chi connectivity index (χ3v) is 4.21. The number of benzene rings is 1. The van der Waals surface area contributed by atoms with Crippen LogP contribution in [0.5, 0.6) is 0 Å². The number of nitrogens with zero attached hydrogens (tertiary/aromatic N) is 2. The normalized spacial score (nSPS) is 15.9. The van der Waals surface area contributed by atoms with Gasteiger partial charge in [0.2, 0.25) is 0 Å². The molecule has 1 N–H and O–H groups in total. The second-order valence-corrected chi connectivity index (χ2v) is 5.90. The molecule has 0 spiro atoms. The van der Waals surface area contributed by atoms with Crippen molar-refractivity contribution < 1.29 is 4.79 Å². The number of hydrogen-bond donors (Lipinski definition) is 1. The van der Waals surface area contributed by atoms with E-state index in [1.807, 2.05) is 0 Å². The highest BCUT2D eigenvalue weighted by Crippen LogP contribution is 2.22. The van der Waals surface area contributed by atoms with Gasteiger partial charge in [-0.2, -0.15) is 5.10 Å². The second-order valence-electron chi connectivity index (χ2n) is 5.09. The van der Waals surface area contributed by atoms with E-state index in [2.05, 4.69) is 22.4 Å². The molecule has 1 aromatic rings. The number of halogens is 2. The van der Waals surface area contributed by atoms with Gasteiger partial charge in [-0.15, -0.1) is 0 Å². The molecule has 1 aliphatic heterocycles. The Morgan fingerprint density at radius 2 is 2.00 bits per heavy atom. The number of hydrogen-bond acceptors (Lipinski definition) is 3. The van der Waals surface area contributed by atoms with Gasteiger partial charge in [0, 0.05) is 37.2 Å². The Bertz CT molecular complexity index is 536. The van der Waals surface area contributed by atoms with Crippen LogP contribution in [0.3, 0.4) is 0 Å². The molecule has 1 aliphatic rings. The number of hydrazone groups is 1. The van der Waals surface area contributed by atoms with Crippen LogP contribution in [0.2, 0.25) is 10.0 Å². The molecule has 1 fully saturated rings. The molecule has 114 valence electrons. The van der Waals surface area contributed by atoms with Crippen molar-refractivity contribution in [3.63, 3.8) is 0 Å². The SMILES string of the molecule is CCCN1CCC(=NNC(=O)c2ccc(Cl)c(Cl)c2)CC1. The van der Waals surface area contributed by atoms with Crippen molar-refractivity contribution in [2.45, 2.75) is 26.2 Å². The summed E-state index contributed by atoms with van der Waals surface area (Å²) in [6.07, 6.45) is 2.98. The topological polar surface area (TPSA) is 44.7 Å². The van der Waals surface area contributed by atoms with Crippen LogP contribution in [0.1, 0.15) is 36.5 Å². The van der Waals surface area contributed by atoms with Gasteiger partial charge in [0.05, 0.1) is 10.0 Å². The van der Waals surface area contributed by atoms with E-state index >= 15 is 0 Å². The van der Waals surface area contributed by atoms with E-state index in [4.69, 9.17) is 23.2 Å². The smallest absolute Gasteiger partial charge is 0.271 e. The number of nitrogens with one attached hydrogen (secondary N) is 1. The van der Waals surface area contributed by atoms with Gasteiger partial charge in [0.25, 0.3) is 5.91 Å². The largest absolute Gasteiger partial charge is 0.303 e. The first-order valence-corrected chi connectivity index (χ1v) is 7.89. The van der Waals surface area contributed by atoms with Crippen LogP contribution < -0.4 is 5.43 Å². The molecule has 0 aromatic heterocycles. The van der Waals surface area contributed by atoms with Crippen molar-refractivity contribution in [3.8, 4) is 0 Å². The summed E-state index contributed by atoms with van der Waals surface area (Å²) in [4.78, 5) is 14.4. The van der Waals surface area contributed by atoms with Crippen molar-refractivity contribution >= 4 is 34.8 Å². The highest BCUT2D eigenvalue weighted by Gasteiger charge is 2.14. The first-order chi connectivity index (χ1) is 10.1. The van der Waals surface area contributed by atoms with Gasteiger partial charge in [-0.25, -0.2) is 5.43 Å². The highest BCUT2D eigenvalue weighted by molar-refractivity contribution is 6.42. The summed E-state index contributed by atoms with van der Waals surface area (Å²) >= 11 is 11.7. The minimum Gasteiger partial charge on any atom is -0.303 e. The summed E-state index contributed by atoms with van der Waals surface area (Å²) in [6.45, 7) is 5.33. The lowest BCUT2D eigenvalue weighted by Crippen LogP contribution is -2.35. The molecule has 0 bridgehead atoms. The Labute approximate surface area is 135 Å². The van der Waals surface area contributed by atoms with Gasteiger partial charge in [-0.05, 0) is 31.2 Å². The Kier molecular flexibility index (Phi) is 6.03. The van der Waals surface area contributed by atoms with E-state index in [-0.39, 0.29) is 5.91 Å². The number of carbonyl (C=O) groups excluding carboxylic acids is 1. The minimum absolute atomic E-state index is 0.267. The molecule has 0 radical (unpaired) electrons. The third kappa shape index (κ3) is 4.70. The van der Waals surface area contributed by atoms with Gasteiger partial charge >= 0.3 is 0 Å². The first kappa shape index (κ1) is 16.3. The summed E-state index contributed by atoms with van der Waals surface area (Å²) in [6, 6.07) is 4.78. The van der Waals surface area contributed by atoms with Crippen LogP contribution in [0.4, 0.5) is 0 Å². The van der Waals surface area contributed by atoms with E-state index in [1.165, 1.54) is 6.42 Å². The summed E-state index contributed by atoms with van der Waals surface area (Å²) in [7, 11) is 0. The third-order valence-electron chi connectivity index (χ3n) is 3.47. The number of rotatable bonds is 4. The van der Waals surface area contributed by atoms with Gasteiger partial charge in [-0.3, -0.25) is 4.79 Å². The van der Waals surface area contributed by atoms with E-state index in [0.717, 1.165) is 38.2 Å². The number of amides is 1. The molecule has 2 rings (SSSR count). The molecule has 21 heavy (non-hydrogen) atoms. The maximum Gasteiger partial charge on any atom is 0.271 e. The zero-order valence-electron chi connectivity index (χ0n) is 12.0. The lowest BCUT2D eigenvalue weighted by molar-refractivity contribution is 0.0954. The zero-order valence-corrected chi connectivity index (χ0v) is 13.5. The molecule has 6 heteroatoms. The van der Waals surface area contributed by atoms with Gasteiger partial charge in [0.1, 0.15) is 0 Å². The lowest BCUT2D eigenvalue weighted by Gasteiger charge is -2.26. The van der Waals surface area contributed by atoms with E-state index in [1.54, 1.807) is 18.2 Å². The van der Waals surface area contributed by atoms with Gasteiger partial charge in [0.15, 0.2) is 0 Å². The average molecular weight is 328 g/mol. The molecule has 1 heterocycles. The zero-order chi connectivity index (χ0) is 15.2. The predicted molar refractivity (Wildman–Crippen MR) is 87.3 cm³/mol. The van der Waals surface area contributed by atoms with Crippen LogP contribution in [-0.4, -0.2) is 36.2 Å². The van der Waals surface area contributed by atoms with Crippen LogP contribution in [0.15, 0.2) is 23.3 Å². The van der Waals surface area contributed by atoms with Crippen molar-refractivity contribution in [3.05, 3.63) is 33.8 Å². The lowest BCUT2D eigenvalue weighted by atomic mass is 10.1. The van der Waals surface area contributed by atoms with E-state index in [9.17, 15) is 4.79 Å². The van der Waals surface area contributed by atoms with Crippen LogP contribution in [0.25, 0.3) is 0 Å². The first-order valence-electron chi connectivity index (χ1n) is 7.13. The quantitative estimate of drug-likeness (QED) is 0.859. The fourth-order valence-corrected chi connectivity index (χ4v) is 2.59. The van der Waals surface area contributed by atoms with E-state index < -0.39 is 0 Å². The Balaban J connectivity index is 1.89. The fourth-order valence-electron chi connectivity index (χ4n) is 2.29. The van der Waals surface area contributed by atoms with Crippen molar-refractivity contribution in [2.24, 2.45) is 5.10 Å². The summed E-state index contributed by atoms with van der Waals surface area (Å²) in [5.74, 6) is -0.267. The Morgan fingerprint density at radius 3 is 2.62 bits per heavy atom. The molecule has 1 aromatic carbocycles. The Hall–Kier alpha value is -1.10. The molecule has 0 unspecified atom stereocenters. The van der Waals surface area contributed by atoms with Crippen molar-refractivity contribution in [2.75, 3.05) is 19.6 Å². The predicted octanol–water partition coefficient (Wildman–Crippen LogP) is 3.59. The number of piperidine rings is 1. The molecular formula is C15H19Cl2N3O. The molecule has 1 saturated heterocycles. The van der Waals surface area contributed by atoms with Crippen molar-refractivity contribution in [1.29, 1.82) is 0 Å². The second kappa shape index (κ2) is 7.78. The number of likely N-dealkylation sites (tertiary alicyclic amines) is 1. The van der Waals surface area contributed by atoms with Gasteiger partial charge in [-0.1, -0.05) is 30.1 Å². The molecule has 0 atom stereocenters. The highest BCUT2D eigenvalue weighted by atomic mass is 35.5. The Morgan fingerprint density at radius 1 is 1.29 bits per heavy atom. The standard InChI is InChI=1S/C15H19Cl2N3O/c1-2-7-20-8-5-12(6-9-20)18-19-15(21)11-3-4-13(16)14(17)10-11/h3-4,10H,2,5-9H2,1H3,(H,19,21). The number of carbonyl (C=O) groups is 1. The molecule has 4 nitrogen and oxygen atoms in total. The van der Waals surface area contributed by atoms with Crippen LogP contribution >= 0.6 is 23.2 Å². The monoisotopic (exact) mass is 327 g/mol. The molecule has 0 aliphatic carbocycles. The summed E-state index contributed by atoms with van der Waals surface area (Å²) < 4.78 is 0. The van der Waals surface area contributed by atoms with Gasteiger partial charge < -0.3 is 4.90 Å². The van der Waals surface area contributed by atoms with E-state index in [0.29, 0.717) is 15.6 Å². The fraction of sp³-hybridized carbons (Fsp3) is 0.467. The molecule has 1 amide bonds. The summed E-state index contributed by atoms with van der Waals surface area (Å²) in [5, 5.41) is 5.02. The van der Waals surface area contributed by atoms with Crippen molar-refractivity contribution in [1.82, 2.24) is 10.3 Å². The average Bonchev–Trinajstić information content (AvgIpc) is 2.49. The molecular weight excluding hydrogens is 309 g/mol. The van der Waals surface area contributed by atoms with Crippen LogP contribution in [0, 0.1) is 0 Å². The minimum atomic E-state index is -0.267.